The van der Waals surface area contributed by atoms with Gasteiger partial charge in [0.2, 0.25) is 5.91 Å². The minimum Gasteiger partial charge on any atom is -0.466 e. The van der Waals surface area contributed by atoms with Crippen molar-refractivity contribution in [2.24, 2.45) is 0 Å². The number of aliphatic hydroxyl groups is 2. The van der Waals surface area contributed by atoms with E-state index in [2.05, 4.69) is 19.2 Å². The summed E-state index contributed by atoms with van der Waals surface area (Å²) in [6, 6.07) is -0.539. The van der Waals surface area contributed by atoms with Crippen LogP contribution < -0.4 is 5.32 Å². The molecule has 0 fully saturated rings. The molecule has 0 aliphatic heterocycles. The highest BCUT2D eigenvalue weighted by Crippen LogP contribution is 2.20. The molecule has 0 aromatic carbocycles. The van der Waals surface area contributed by atoms with Crippen molar-refractivity contribution in [1.29, 1.82) is 0 Å². The third kappa shape index (κ3) is 63.9. The van der Waals surface area contributed by atoms with Gasteiger partial charge in [-0.3, -0.25) is 9.59 Å². The van der Waals surface area contributed by atoms with E-state index in [0.29, 0.717) is 25.9 Å². The Morgan fingerprint density at radius 3 is 0.792 bits per heavy atom. The van der Waals surface area contributed by atoms with Crippen molar-refractivity contribution in [2.45, 2.75) is 431 Å². The topological polar surface area (TPSA) is 95.9 Å². The summed E-state index contributed by atoms with van der Waals surface area (Å²) in [7, 11) is 0. The fourth-order valence-electron chi connectivity index (χ4n) is 11.7. The monoisotopic (exact) mass is 1090 g/mol. The number of unbranched alkanes of at least 4 members (excludes halogenated alkanes) is 57. The van der Waals surface area contributed by atoms with Gasteiger partial charge in [-0.2, -0.15) is 0 Å². The molecule has 0 radical (unpaired) electrons. The molecule has 0 rings (SSSR count). The number of nitrogens with one attached hydrogen (secondary N) is 1. The van der Waals surface area contributed by atoms with Crippen LogP contribution in [0.5, 0.6) is 0 Å². The lowest BCUT2D eigenvalue weighted by Crippen LogP contribution is -2.45. The van der Waals surface area contributed by atoms with Gasteiger partial charge in [-0.05, 0) is 25.7 Å². The van der Waals surface area contributed by atoms with Crippen LogP contribution in [0.4, 0.5) is 0 Å². The first-order valence-corrected chi connectivity index (χ1v) is 35.8. The minimum absolute atomic E-state index is 0.0191. The summed E-state index contributed by atoms with van der Waals surface area (Å²) < 4.78 is 5.48. The van der Waals surface area contributed by atoms with Gasteiger partial charge in [0.1, 0.15) is 0 Å². The summed E-state index contributed by atoms with van der Waals surface area (Å²) in [5.41, 5.74) is 0. The van der Waals surface area contributed by atoms with Gasteiger partial charge in [0.05, 0.1) is 25.4 Å². The number of carbonyl (C=O) groups excluding carboxylic acids is 2. The van der Waals surface area contributed by atoms with E-state index in [9.17, 15) is 19.8 Å². The molecule has 77 heavy (non-hydrogen) atoms. The SMILES string of the molecule is CCCCCCCCCCCCCCCCCCCCCCCCC(O)C(CO)NC(=O)CCCCCCCCCCCCCCCCCCCCCCCCCCCCCOC(=O)CCCCCCCCCCCCC. The van der Waals surface area contributed by atoms with Crippen LogP contribution in [-0.4, -0.2) is 47.4 Å². The first-order chi connectivity index (χ1) is 38.0. The summed E-state index contributed by atoms with van der Waals surface area (Å²) in [5, 5.41) is 23.4. The Labute approximate surface area is 483 Å². The second kappa shape index (κ2) is 67.4. The first kappa shape index (κ1) is 75.9. The summed E-state index contributed by atoms with van der Waals surface area (Å²) in [6.07, 6.45) is 81.6. The average molecular weight is 1090 g/mol. The average Bonchev–Trinajstić information content (AvgIpc) is 3.43. The molecule has 0 spiro atoms. The Kier molecular flexibility index (Phi) is 66.4. The number of aliphatic hydroxyl groups excluding tert-OH is 2. The number of ether oxygens (including phenoxy) is 1. The third-order valence-electron chi connectivity index (χ3n) is 17.2. The number of esters is 1. The van der Waals surface area contributed by atoms with Gasteiger partial charge in [0, 0.05) is 12.8 Å². The van der Waals surface area contributed by atoms with E-state index in [0.717, 1.165) is 38.5 Å². The van der Waals surface area contributed by atoms with E-state index >= 15 is 0 Å². The summed E-state index contributed by atoms with van der Waals surface area (Å²) >= 11 is 0. The molecule has 0 saturated carbocycles. The number of rotatable bonds is 68. The van der Waals surface area contributed by atoms with Crippen molar-refractivity contribution in [1.82, 2.24) is 5.32 Å². The van der Waals surface area contributed by atoms with Gasteiger partial charge >= 0.3 is 5.97 Å². The number of amides is 1. The first-order valence-electron chi connectivity index (χ1n) is 35.8. The summed E-state index contributed by atoms with van der Waals surface area (Å²) in [5.74, 6) is -0.00746. The Balaban J connectivity index is 3.35. The molecule has 3 N–H and O–H groups in total. The van der Waals surface area contributed by atoms with E-state index in [1.165, 1.54) is 347 Å². The zero-order chi connectivity index (χ0) is 55.7. The predicted octanol–water partition coefficient (Wildman–Crippen LogP) is 23.0. The van der Waals surface area contributed by atoms with Gasteiger partial charge in [0.15, 0.2) is 0 Å². The standard InChI is InChI=1S/C71H141NO5/c1-3-5-7-9-11-13-15-16-17-18-19-20-28-31-34-37-40-44-47-51-55-59-63-69(74)68(67-73)72-70(75)64-60-56-52-48-45-41-38-35-32-29-26-24-22-21-23-25-27-30-33-36-39-42-46-50-54-58-62-66-77-71(76)65-61-57-53-49-43-14-12-10-8-6-4-2/h68-69,73-74H,3-67H2,1-2H3,(H,72,75). The molecule has 0 bridgehead atoms. The maximum absolute atomic E-state index is 12.6. The fraction of sp³-hybridized carbons (Fsp3) is 0.972. The lowest BCUT2D eigenvalue weighted by Gasteiger charge is -2.22. The normalized spacial score (nSPS) is 12.4. The van der Waals surface area contributed by atoms with Crippen LogP contribution in [-0.2, 0) is 14.3 Å². The Morgan fingerprint density at radius 2 is 0.532 bits per heavy atom. The van der Waals surface area contributed by atoms with Crippen LogP contribution in [0.3, 0.4) is 0 Å². The minimum atomic E-state index is -0.662. The molecule has 0 aliphatic carbocycles. The molecule has 1 amide bonds. The Morgan fingerprint density at radius 1 is 0.312 bits per heavy atom. The van der Waals surface area contributed by atoms with Crippen LogP contribution in [0.1, 0.15) is 418 Å². The maximum Gasteiger partial charge on any atom is 0.305 e. The van der Waals surface area contributed by atoms with Crippen molar-refractivity contribution in [3.63, 3.8) is 0 Å². The van der Waals surface area contributed by atoms with Crippen molar-refractivity contribution >= 4 is 11.9 Å². The Bertz CT molecular complexity index is 1120. The van der Waals surface area contributed by atoms with E-state index in [-0.39, 0.29) is 18.5 Å². The molecule has 0 saturated heterocycles. The van der Waals surface area contributed by atoms with Gasteiger partial charge in [-0.15, -0.1) is 0 Å². The fourth-order valence-corrected chi connectivity index (χ4v) is 11.7. The zero-order valence-corrected chi connectivity index (χ0v) is 52.7. The predicted molar refractivity (Wildman–Crippen MR) is 338 cm³/mol. The third-order valence-corrected chi connectivity index (χ3v) is 17.2. The summed E-state index contributed by atoms with van der Waals surface area (Å²) in [4.78, 5) is 24.6. The second-order valence-corrected chi connectivity index (χ2v) is 24.9. The van der Waals surface area contributed by atoms with Crippen molar-refractivity contribution in [3.8, 4) is 0 Å². The molecule has 6 nitrogen and oxygen atoms in total. The van der Waals surface area contributed by atoms with Gasteiger partial charge < -0.3 is 20.3 Å². The lowest BCUT2D eigenvalue weighted by molar-refractivity contribution is -0.143. The molecule has 0 heterocycles. The molecule has 460 valence electrons. The number of hydrogen-bond acceptors (Lipinski definition) is 5. The van der Waals surface area contributed by atoms with Crippen LogP contribution >= 0.6 is 0 Å². The van der Waals surface area contributed by atoms with Crippen molar-refractivity contribution in [2.75, 3.05) is 13.2 Å². The summed E-state index contributed by atoms with van der Waals surface area (Å²) in [6.45, 7) is 5.00. The van der Waals surface area contributed by atoms with Gasteiger partial charge in [-0.1, -0.05) is 380 Å². The van der Waals surface area contributed by atoms with E-state index in [1.807, 2.05) is 0 Å². The van der Waals surface area contributed by atoms with Crippen LogP contribution in [0, 0.1) is 0 Å². The molecule has 6 heteroatoms. The smallest absolute Gasteiger partial charge is 0.305 e. The van der Waals surface area contributed by atoms with Crippen molar-refractivity contribution in [3.05, 3.63) is 0 Å². The van der Waals surface area contributed by atoms with Crippen LogP contribution in [0.25, 0.3) is 0 Å². The van der Waals surface area contributed by atoms with Gasteiger partial charge in [-0.25, -0.2) is 0 Å². The van der Waals surface area contributed by atoms with Gasteiger partial charge in [0.25, 0.3) is 0 Å². The molecule has 0 aromatic heterocycles. The van der Waals surface area contributed by atoms with Crippen molar-refractivity contribution < 1.29 is 24.5 Å². The number of carbonyl (C=O) groups is 2. The van der Waals surface area contributed by atoms with Crippen LogP contribution in [0.2, 0.25) is 0 Å². The van der Waals surface area contributed by atoms with E-state index in [4.69, 9.17) is 4.74 Å². The molecular formula is C71H141NO5. The second-order valence-electron chi connectivity index (χ2n) is 24.9. The maximum atomic E-state index is 12.6. The molecule has 2 atom stereocenters. The molecule has 0 aromatic rings. The van der Waals surface area contributed by atoms with E-state index < -0.39 is 12.1 Å². The lowest BCUT2D eigenvalue weighted by atomic mass is 10.0. The number of hydrogen-bond donors (Lipinski definition) is 3. The van der Waals surface area contributed by atoms with E-state index in [1.54, 1.807) is 0 Å². The highest BCUT2D eigenvalue weighted by molar-refractivity contribution is 5.76. The molecular weight excluding hydrogens is 947 g/mol. The highest BCUT2D eigenvalue weighted by atomic mass is 16.5. The molecule has 0 aliphatic rings. The Hall–Kier alpha value is -1.14. The van der Waals surface area contributed by atoms with Crippen LogP contribution in [0.15, 0.2) is 0 Å². The quantitative estimate of drug-likeness (QED) is 0.0417. The molecule has 2 unspecified atom stereocenters. The highest BCUT2D eigenvalue weighted by Gasteiger charge is 2.20. The largest absolute Gasteiger partial charge is 0.466 e. The zero-order valence-electron chi connectivity index (χ0n) is 52.7.